The molecule has 4 aromatic rings. The van der Waals surface area contributed by atoms with E-state index in [1.807, 2.05) is 86.3 Å². The molecule has 1 aliphatic carbocycles. The molecule has 18 nitrogen and oxygen atoms in total. The molecule has 0 radical (unpaired) electrons. The van der Waals surface area contributed by atoms with E-state index in [9.17, 15) is 34.2 Å². The number of Topliss-reactive ketones (excluding diaryl/α,β-unsaturated/α-hetero) is 1. The second kappa shape index (κ2) is 22.6. The zero-order chi connectivity index (χ0) is 51.3. The summed E-state index contributed by atoms with van der Waals surface area (Å²) in [5.41, 5.74) is 6.80. The normalized spacial score (nSPS) is 19.9. The number of aliphatic hydroxyl groups is 2. The molecule has 5 N–H and O–H groups in total. The van der Waals surface area contributed by atoms with Crippen LogP contribution in [0.3, 0.4) is 0 Å². The lowest BCUT2D eigenvalue weighted by Gasteiger charge is -2.40. The van der Waals surface area contributed by atoms with Crippen molar-refractivity contribution >= 4 is 69.6 Å². The van der Waals surface area contributed by atoms with Crippen LogP contribution in [0, 0.1) is 12.3 Å². The molecule has 1 saturated carbocycles. The predicted molar refractivity (Wildman–Crippen MR) is 277 cm³/mol. The van der Waals surface area contributed by atoms with Crippen LogP contribution in [0.15, 0.2) is 59.9 Å². The Bertz CT molecular complexity index is 2640. The van der Waals surface area contributed by atoms with Crippen LogP contribution in [0.1, 0.15) is 116 Å². The highest BCUT2D eigenvalue weighted by atomic mass is 32.1. The Labute approximate surface area is 425 Å². The van der Waals surface area contributed by atoms with Crippen molar-refractivity contribution in [3.63, 3.8) is 0 Å². The molecule has 19 heteroatoms. The van der Waals surface area contributed by atoms with Crippen molar-refractivity contribution < 1.29 is 34.2 Å². The van der Waals surface area contributed by atoms with Crippen molar-refractivity contribution in [2.45, 2.75) is 143 Å². The maximum absolute atomic E-state index is 14.1. The Hall–Kier alpha value is -6.31. The summed E-state index contributed by atoms with van der Waals surface area (Å²) < 4.78 is 0. The van der Waals surface area contributed by atoms with Gasteiger partial charge in [-0.15, -0.1) is 11.3 Å². The molecule has 1 unspecified atom stereocenters. The molecule has 0 bridgehead atoms. The Morgan fingerprint density at radius 3 is 2.25 bits per heavy atom. The minimum absolute atomic E-state index is 0.00123. The Morgan fingerprint density at radius 2 is 1.60 bits per heavy atom. The fourth-order valence-corrected chi connectivity index (χ4v) is 11.2. The molecule has 4 amide bonds. The number of aliphatic hydroxyl groups excluding tert-OH is 2. The highest BCUT2D eigenvalue weighted by Gasteiger charge is 2.45. The highest BCUT2D eigenvalue weighted by Crippen LogP contribution is 2.41. The molecular formula is C53H69N11O7S. The van der Waals surface area contributed by atoms with Gasteiger partial charge < -0.3 is 45.8 Å². The number of ketones is 1. The van der Waals surface area contributed by atoms with Crippen LogP contribution in [0.5, 0.6) is 0 Å². The summed E-state index contributed by atoms with van der Waals surface area (Å²) in [5.74, 6) is 0.379. The summed E-state index contributed by atoms with van der Waals surface area (Å²) in [6.07, 6.45) is 8.04. The number of thiazole rings is 1. The van der Waals surface area contributed by atoms with Crippen LogP contribution >= 0.6 is 11.3 Å². The number of unbranched alkanes of at least 4 members (excludes halogenated alkanes) is 2. The number of nitrogens with zero attached hydrogens (tertiary/aromatic N) is 8. The van der Waals surface area contributed by atoms with E-state index in [1.54, 1.807) is 23.7 Å². The van der Waals surface area contributed by atoms with Gasteiger partial charge in [0.05, 0.1) is 34.1 Å². The number of likely N-dealkylation sites (tertiary alicyclic amines) is 1. The quantitative estimate of drug-likeness (QED) is 0.0777. The number of fused-ring (bicyclic) bond motifs is 1. The molecule has 3 fully saturated rings. The molecule has 0 spiro atoms. The minimum atomic E-state index is -1.06. The largest absolute Gasteiger partial charge is 0.391 e. The van der Waals surface area contributed by atoms with Crippen molar-refractivity contribution in [3.05, 3.63) is 76.7 Å². The third-order valence-corrected chi connectivity index (χ3v) is 15.4. The van der Waals surface area contributed by atoms with E-state index in [4.69, 9.17) is 4.98 Å². The standard InChI is InChI=1S/C53H69N11O7S/c1-32-40-29-56-52(60-48(40)64(37-12-10-11-13-37)50(70)45(32)34(3)65)58-42-21-20-38(28-54-42)61-22-24-62(25-23-61)44(68)15-9-7-8-14-43(67)59-47(53(4,5)6)51(71)63-30-39(66)26-41(63)49(69)55-27-35-16-18-36(19-17-35)46-33(2)57-31-72-46/h16-21,28-29,31,37,39,41,47,50,66,70H,7-15,22-27,30H2,1-6H3,(H,55,69)(H,59,67)(H,54,56,58,60)/t39-,41+,47-,50?/m1/s1. The Morgan fingerprint density at radius 1 is 0.875 bits per heavy atom. The van der Waals surface area contributed by atoms with Gasteiger partial charge in [-0.25, -0.2) is 15.0 Å². The number of nitrogens with one attached hydrogen (secondary N) is 3. The number of benzene rings is 1. The fraction of sp³-hybridized carbons (Fsp3) is 0.528. The van der Waals surface area contributed by atoms with Gasteiger partial charge in [0, 0.05) is 81.9 Å². The smallest absolute Gasteiger partial charge is 0.246 e. The highest BCUT2D eigenvalue weighted by molar-refractivity contribution is 7.13. The number of hydrogen-bond donors (Lipinski definition) is 5. The van der Waals surface area contributed by atoms with Crippen LogP contribution in [0.4, 0.5) is 23.3 Å². The molecular weight excluding hydrogens is 935 g/mol. The van der Waals surface area contributed by atoms with Crippen LogP contribution in [-0.4, -0.2) is 133 Å². The van der Waals surface area contributed by atoms with E-state index in [-0.39, 0.29) is 55.5 Å². The number of anilines is 4. The van der Waals surface area contributed by atoms with E-state index in [0.717, 1.165) is 58.6 Å². The first-order chi connectivity index (χ1) is 34.5. The number of piperazine rings is 1. The topological polar surface area (TPSA) is 226 Å². The van der Waals surface area contributed by atoms with E-state index < -0.39 is 35.7 Å². The summed E-state index contributed by atoms with van der Waals surface area (Å²) in [6.45, 7) is 13.6. The number of allylic oxidation sites excluding steroid dienone is 1. The fourth-order valence-electron chi connectivity index (χ4n) is 10.4. The predicted octanol–water partition coefficient (Wildman–Crippen LogP) is 5.90. The van der Waals surface area contributed by atoms with Crippen LogP contribution in [0.2, 0.25) is 0 Å². The van der Waals surface area contributed by atoms with Crippen LogP contribution < -0.4 is 25.8 Å². The number of hydrogen-bond acceptors (Lipinski definition) is 15. The molecule has 384 valence electrons. The van der Waals surface area contributed by atoms with E-state index in [1.165, 1.54) is 11.8 Å². The SMILES string of the molecule is CC(=O)C1=C(C)c2cnc(Nc3ccc(N4CCN(C(=O)CCCCCC(=O)N[C@H](C(=O)N5C[C@H](O)C[C@H]5C(=O)NCc5ccc(-c6scnc6C)cc5)C(C)(C)C)CC4)cn3)nc2N(C2CCCC2)C1O. The zero-order valence-electron chi connectivity index (χ0n) is 42.3. The summed E-state index contributed by atoms with van der Waals surface area (Å²) in [5, 5.41) is 31.1. The first-order valence-corrected chi connectivity index (χ1v) is 26.2. The number of amides is 4. The minimum Gasteiger partial charge on any atom is -0.391 e. The summed E-state index contributed by atoms with van der Waals surface area (Å²) in [7, 11) is 0. The van der Waals surface area contributed by atoms with E-state index >= 15 is 0 Å². The molecule has 1 aromatic carbocycles. The number of aromatic nitrogens is 4. The average Bonchev–Trinajstić information content (AvgIpc) is 4.14. The van der Waals surface area contributed by atoms with Gasteiger partial charge in [-0.1, -0.05) is 64.3 Å². The number of carbonyl (C=O) groups is 5. The lowest BCUT2D eigenvalue weighted by molar-refractivity contribution is -0.144. The molecule has 6 heterocycles. The number of β-amino-alcohol motifs (C(OH)–C–C–N with tert-alkyl or cyclic N) is 1. The van der Waals surface area contributed by atoms with Gasteiger partial charge in [-0.05, 0) is 80.7 Å². The lowest BCUT2D eigenvalue weighted by Crippen LogP contribution is -2.57. The molecule has 3 aromatic heterocycles. The van der Waals surface area contributed by atoms with Gasteiger partial charge in [0.1, 0.15) is 23.7 Å². The summed E-state index contributed by atoms with van der Waals surface area (Å²) in [6, 6.07) is 10.0. The van der Waals surface area contributed by atoms with Crippen molar-refractivity contribution in [2.24, 2.45) is 5.41 Å². The maximum Gasteiger partial charge on any atom is 0.246 e. The zero-order valence-corrected chi connectivity index (χ0v) is 43.1. The van der Waals surface area contributed by atoms with Crippen molar-refractivity contribution in [1.82, 2.24) is 40.4 Å². The van der Waals surface area contributed by atoms with E-state index in [0.29, 0.717) is 80.6 Å². The molecule has 2 saturated heterocycles. The summed E-state index contributed by atoms with van der Waals surface area (Å²) >= 11 is 1.57. The number of carbonyl (C=O) groups excluding carboxylic acids is 5. The van der Waals surface area contributed by atoms with Gasteiger partial charge in [-0.3, -0.25) is 24.0 Å². The second-order valence-corrected chi connectivity index (χ2v) is 21.5. The van der Waals surface area contributed by atoms with Gasteiger partial charge in [-0.2, -0.15) is 4.98 Å². The van der Waals surface area contributed by atoms with Crippen molar-refractivity contribution in [1.29, 1.82) is 0 Å². The monoisotopic (exact) mass is 1000 g/mol. The Balaban J connectivity index is 0.754. The van der Waals surface area contributed by atoms with Gasteiger partial charge >= 0.3 is 0 Å². The summed E-state index contributed by atoms with van der Waals surface area (Å²) in [4.78, 5) is 93.4. The van der Waals surface area contributed by atoms with E-state index in [2.05, 4.69) is 35.8 Å². The Kier molecular flexibility index (Phi) is 16.4. The molecule has 4 aliphatic rings. The molecule has 4 atom stereocenters. The van der Waals surface area contributed by atoms with Gasteiger partial charge in [0.25, 0.3) is 0 Å². The third kappa shape index (κ3) is 12.0. The first-order valence-electron chi connectivity index (χ1n) is 25.3. The lowest BCUT2D eigenvalue weighted by atomic mass is 9.85. The van der Waals surface area contributed by atoms with Gasteiger partial charge in [0.15, 0.2) is 12.0 Å². The first kappa shape index (κ1) is 52.0. The number of pyridine rings is 1. The maximum atomic E-state index is 14.1. The van der Waals surface area contributed by atoms with Crippen molar-refractivity contribution in [2.75, 3.05) is 47.8 Å². The number of aryl methyl sites for hydroxylation is 1. The van der Waals surface area contributed by atoms with Crippen LogP contribution in [-0.2, 0) is 30.5 Å². The third-order valence-electron chi connectivity index (χ3n) is 14.4. The second-order valence-electron chi connectivity index (χ2n) is 20.6. The average molecular weight is 1000 g/mol. The van der Waals surface area contributed by atoms with Gasteiger partial charge in [0.2, 0.25) is 29.6 Å². The molecule has 8 rings (SSSR count). The molecule has 3 aliphatic heterocycles. The number of rotatable bonds is 17. The van der Waals surface area contributed by atoms with Crippen molar-refractivity contribution in [3.8, 4) is 10.4 Å². The van der Waals surface area contributed by atoms with Crippen LogP contribution in [0.25, 0.3) is 16.0 Å². The molecule has 72 heavy (non-hydrogen) atoms.